The zero-order chi connectivity index (χ0) is 16.4. The highest BCUT2D eigenvalue weighted by molar-refractivity contribution is 6.13. The molecule has 0 aromatic heterocycles. The highest BCUT2D eigenvalue weighted by Gasteiger charge is 2.16. The van der Waals surface area contributed by atoms with Gasteiger partial charge in [0, 0.05) is 17.2 Å². The number of fused-ring (bicyclic) bond motifs is 1. The molecule has 2 heteroatoms. The van der Waals surface area contributed by atoms with E-state index in [0.717, 1.165) is 34.0 Å². The summed E-state index contributed by atoms with van der Waals surface area (Å²) in [5.74, 6) is 1.60. The number of aryl methyl sites for hydroxylation is 1. The lowest BCUT2D eigenvalue weighted by Gasteiger charge is -2.12. The van der Waals surface area contributed by atoms with Crippen LogP contribution in [0.5, 0.6) is 5.75 Å². The Hall–Kier alpha value is -3.13. The average molecular weight is 311 g/mol. The Balaban J connectivity index is 1.91. The summed E-state index contributed by atoms with van der Waals surface area (Å²) in [6.45, 7) is 2.09. The van der Waals surface area contributed by atoms with E-state index in [2.05, 4.69) is 31.2 Å². The van der Waals surface area contributed by atoms with Crippen LogP contribution in [0.4, 0.5) is 5.69 Å². The van der Waals surface area contributed by atoms with Crippen molar-refractivity contribution in [1.82, 2.24) is 0 Å². The topological polar surface area (TPSA) is 21.6 Å². The van der Waals surface area contributed by atoms with E-state index in [9.17, 15) is 0 Å². The minimum Gasteiger partial charge on any atom is -0.454 e. The molecule has 1 heterocycles. The minimum atomic E-state index is 0.776. The van der Waals surface area contributed by atoms with Gasteiger partial charge in [0.25, 0.3) is 0 Å². The standard InChI is InChI=1S/C22H17NO/c1-16-9-5-6-12-18(16)22-15-20(17-10-3-2-4-11-17)23-19-13-7-8-14-21(19)24-22/h2-15H,1H3. The van der Waals surface area contributed by atoms with Crippen molar-refractivity contribution in [2.24, 2.45) is 4.99 Å². The van der Waals surface area contributed by atoms with Crippen molar-refractivity contribution < 1.29 is 4.74 Å². The molecule has 0 unspecified atom stereocenters. The van der Waals surface area contributed by atoms with Gasteiger partial charge in [-0.1, -0.05) is 66.7 Å². The first-order valence-electron chi connectivity index (χ1n) is 8.00. The van der Waals surface area contributed by atoms with Crippen molar-refractivity contribution >= 4 is 17.2 Å². The van der Waals surface area contributed by atoms with E-state index in [4.69, 9.17) is 9.73 Å². The maximum absolute atomic E-state index is 6.22. The van der Waals surface area contributed by atoms with Crippen molar-refractivity contribution in [3.63, 3.8) is 0 Å². The summed E-state index contributed by atoms with van der Waals surface area (Å²) in [6.07, 6.45) is 2.03. The summed E-state index contributed by atoms with van der Waals surface area (Å²) in [5.41, 5.74) is 5.08. The van der Waals surface area contributed by atoms with Gasteiger partial charge < -0.3 is 4.74 Å². The van der Waals surface area contributed by atoms with Gasteiger partial charge in [-0.15, -0.1) is 0 Å². The molecule has 0 aliphatic carbocycles. The number of ether oxygens (including phenoxy) is 1. The fourth-order valence-electron chi connectivity index (χ4n) is 2.81. The van der Waals surface area contributed by atoms with E-state index in [1.54, 1.807) is 0 Å². The van der Waals surface area contributed by atoms with Gasteiger partial charge in [0.05, 0.1) is 5.71 Å². The molecule has 116 valence electrons. The molecule has 3 aromatic rings. The van der Waals surface area contributed by atoms with Crippen LogP contribution in [0.2, 0.25) is 0 Å². The van der Waals surface area contributed by atoms with Gasteiger partial charge in [-0.3, -0.25) is 0 Å². The van der Waals surface area contributed by atoms with Crippen LogP contribution in [0.1, 0.15) is 16.7 Å². The monoisotopic (exact) mass is 311 g/mol. The fraction of sp³-hybridized carbons (Fsp3) is 0.0455. The number of aliphatic imine (C=N–C) groups is 1. The second-order valence-corrected chi connectivity index (χ2v) is 5.76. The normalized spacial score (nSPS) is 13.2. The molecule has 0 amide bonds. The molecule has 0 bridgehead atoms. The zero-order valence-corrected chi connectivity index (χ0v) is 13.4. The lowest BCUT2D eigenvalue weighted by Crippen LogP contribution is -2.01. The SMILES string of the molecule is Cc1ccccc1C1=CC(c2ccccc2)=Nc2ccccc2O1. The van der Waals surface area contributed by atoms with Gasteiger partial charge in [-0.05, 0) is 24.6 Å². The van der Waals surface area contributed by atoms with Gasteiger partial charge in [0.1, 0.15) is 11.4 Å². The number of allylic oxidation sites excluding steroid dienone is 1. The molecule has 0 fully saturated rings. The van der Waals surface area contributed by atoms with E-state index in [0.29, 0.717) is 0 Å². The number of rotatable bonds is 2. The van der Waals surface area contributed by atoms with E-state index in [-0.39, 0.29) is 0 Å². The largest absolute Gasteiger partial charge is 0.454 e. The van der Waals surface area contributed by atoms with Crippen LogP contribution in [-0.4, -0.2) is 5.71 Å². The highest BCUT2D eigenvalue weighted by atomic mass is 16.5. The second kappa shape index (κ2) is 6.17. The van der Waals surface area contributed by atoms with Crippen LogP contribution in [0.15, 0.2) is 89.9 Å². The average Bonchev–Trinajstić information content (AvgIpc) is 2.82. The van der Waals surface area contributed by atoms with Crippen molar-refractivity contribution in [2.75, 3.05) is 0 Å². The Labute approximate surface area is 141 Å². The number of hydrogen-bond donors (Lipinski definition) is 0. The molecule has 0 N–H and O–H groups in total. The van der Waals surface area contributed by atoms with Gasteiger partial charge in [-0.25, -0.2) is 4.99 Å². The summed E-state index contributed by atoms with van der Waals surface area (Å²) < 4.78 is 6.22. The summed E-state index contributed by atoms with van der Waals surface area (Å²) in [5, 5.41) is 0. The van der Waals surface area contributed by atoms with Gasteiger partial charge in [0.2, 0.25) is 0 Å². The molecular weight excluding hydrogens is 294 g/mol. The van der Waals surface area contributed by atoms with Crippen molar-refractivity contribution in [3.8, 4) is 5.75 Å². The van der Waals surface area contributed by atoms with Gasteiger partial charge >= 0.3 is 0 Å². The highest BCUT2D eigenvalue weighted by Crippen LogP contribution is 2.35. The molecule has 0 saturated heterocycles. The van der Waals surface area contributed by atoms with E-state index in [1.807, 2.05) is 60.7 Å². The molecule has 3 aromatic carbocycles. The summed E-state index contributed by atoms with van der Waals surface area (Å²) in [4.78, 5) is 4.83. The van der Waals surface area contributed by atoms with Gasteiger partial charge in [-0.2, -0.15) is 0 Å². The first-order valence-corrected chi connectivity index (χ1v) is 8.00. The number of nitrogens with zero attached hydrogens (tertiary/aromatic N) is 1. The predicted molar refractivity (Wildman–Crippen MR) is 98.9 cm³/mol. The number of para-hydroxylation sites is 2. The molecule has 1 aliphatic rings. The van der Waals surface area contributed by atoms with Crippen LogP contribution in [0.3, 0.4) is 0 Å². The Morgan fingerprint density at radius 1 is 0.750 bits per heavy atom. The quantitative estimate of drug-likeness (QED) is 0.608. The third-order valence-electron chi connectivity index (χ3n) is 4.07. The van der Waals surface area contributed by atoms with E-state index in [1.165, 1.54) is 5.56 Å². The first-order chi connectivity index (χ1) is 11.8. The Bertz CT molecular complexity index is 939. The Morgan fingerprint density at radius 2 is 1.46 bits per heavy atom. The summed E-state index contributed by atoms with van der Waals surface area (Å²) >= 11 is 0. The van der Waals surface area contributed by atoms with Crippen LogP contribution in [0.25, 0.3) is 5.76 Å². The van der Waals surface area contributed by atoms with Crippen LogP contribution in [-0.2, 0) is 0 Å². The maximum atomic E-state index is 6.22. The molecule has 2 nitrogen and oxygen atoms in total. The van der Waals surface area contributed by atoms with Crippen molar-refractivity contribution in [3.05, 3.63) is 102 Å². The lowest BCUT2D eigenvalue weighted by molar-refractivity contribution is 0.518. The Kier molecular flexibility index (Phi) is 3.72. The first kappa shape index (κ1) is 14.5. The molecule has 0 saturated carbocycles. The zero-order valence-electron chi connectivity index (χ0n) is 13.4. The molecule has 0 spiro atoms. The van der Waals surface area contributed by atoms with Crippen LogP contribution in [0, 0.1) is 6.92 Å². The van der Waals surface area contributed by atoms with Crippen LogP contribution < -0.4 is 4.74 Å². The molecule has 1 aliphatic heterocycles. The molecule has 4 rings (SSSR count). The third kappa shape index (κ3) is 2.74. The predicted octanol–water partition coefficient (Wildman–Crippen LogP) is 5.55. The smallest absolute Gasteiger partial charge is 0.153 e. The van der Waals surface area contributed by atoms with Crippen LogP contribution >= 0.6 is 0 Å². The molecule has 0 atom stereocenters. The summed E-state index contributed by atoms with van der Waals surface area (Å²) in [7, 11) is 0. The van der Waals surface area contributed by atoms with Crippen molar-refractivity contribution in [2.45, 2.75) is 6.92 Å². The maximum Gasteiger partial charge on any atom is 0.153 e. The minimum absolute atomic E-state index is 0.776. The third-order valence-corrected chi connectivity index (χ3v) is 4.07. The Morgan fingerprint density at radius 3 is 2.29 bits per heavy atom. The molecule has 0 radical (unpaired) electrons. The fourth-order valence-corrected chi connectivity index (χ4v) is 2.81. The number of benzene rings is 3. The summed E-state index contributed by atoms with van der Waals surface area (Å²) in [6, 6.07) is 26.3. The van der Waals surface area contributed by atoms with Crippen molar-refractivity contribution in [1.29, 1.82) is 0 Å². The molecule has 24 heavy (non-hydrogen) atoms. The lowest BCUT2D eigenvalue weighted by atomic mass is 10.0. The molecular formula is C22H17NO. The van der Waals surface area contributed by atoms with E-state index < -0.39 is 0 Å². The number of hydrogen-bond acceptors (Lipinski definition) is 2. The van der Waals surface area contributed by atoms with E-state index >= 15 is 0 Å². The van der Waals surface area contributed by atoms with Gasteiger partial charge in [0.15, 0.2) is 5.75 Å². The second-order valence-electron chi connectivity index (χ2n) is 5.76.